The lowest BCUT2D eigenvalue weighted by Gasteiger charge is -2.17. The van der Waals surface area contributed by atoms with E-state index in [1.807, 2.05) is 0 Å². The van der Waals surface area contributed by atoms with Gasteiger partial charge in [-0.15, -0.1) is 0 Å². The maximum atomic E-state index is 12.5. The van der Waals surface area contributed by atoms with Crippen LogP contribution in [0, 0.1) is 0 Å². The van der Waals surface area contributed by atoms with E-state index in [0.29, 0.717) is 5.56 Å². The number of nitrogens with two attached hydrogens (primary N) is 1. The van der Waals surface area contributed by atoms with Crippen molar-refractivity contribution in [2.75, 3.05) is 0 Å². The number of thiocarbonyl (C=S) groups is 1. The SMILES string of the molecule is NC(=S)c1ccc(Cl)c(S(=O)(=O)NC2CCCCCC2)c1. The molecule has 21 heavy (non-hydrogen) atoms. The number of rotatable bonds is 4. The van der Waals surface area contributed by atoms with Crippen molar-refractivity contribution in [3.63, 3.8) is 0 Å². The van der Waals surface area contributed by atoms with Crippen LogP contribution in [0.5, 0.6) is 0 Å². The summed E-state index contributed by atoms with van der Waals surface area (Å²) in [5.74, 6) is 0. The lowest BCUT2D eigenvalue weighted by atomic mass is 10.1. The van der Waals surface area contributed by atoms with Crippen molar-refractivity contribution in [1.29, 1.82) is 0 Å². The van der Waals surface area contributed by atoms with Gasteiger partial charge in [-0.3, -0.25) is 0 Å². The molecule has 1 aromatic rings. The van der Waals surface area contributed by atoms with Crippen LogP contribution in [-0.2, 0) is 10.0 Å². The van der Waals surface area contributed by atoms with Crippen LogP contribution in [0.3, 0.4) is 0 Å². The van der Waals surface area contributed by atoms with Crippen LogP contribution in [0.25, 0.3) is 0 Å². The van der Waals surface area contributed by atoms with Crippen molar-refractivity contribution < 1.29 is 8.42 Å². The van der Waals surface area contributed by atoms with E-state index in [-0.39, 0.29) is 20.9 Å². The van der Waals surface area contributed by atoms with Crippen molar-refractivity contribution in [3.05, 3.63) is 28.8 Å². The van der Waals surface area contributed by atoms with Crippen molar-refractivity contribution in [3.8, 4) is 0 Å². The second-order valence-electron chi connectivity index (χ2n) is 5.32. The summed E-state index contributed by atoms with van der Waals surface area (Å²) in [4.78, 5) is 0.191. The summed E-state index contributed by atoms with van der Waals surface area (Å²) in [5, 5.41) is 0.177. The third-order valence-corrected chi connectivity index (χ3v) is 5.92. The van der Waals surface area contributed by atoms with E-state index in [9.17, 15) is 8.42 Å². The molecule has 0 bridgehead atoms. The van der Waals surface area contributed by atoms with Gasteiger partial charge in [-0.25, -0.2) is 13.1 Å². The normalized spacial score (nSPS) is 17.4. The van der Waals surface area contributed by atoms with Crippen LogP contribution in [0.15, 0.2) is 23.1 Å². The van der Waals surface area contributed by atoms with Crippen molar-refractivity contribution in [2.24, 2.45) is 5.73 Å². The molecule has 1 aliphatic rings. The minimum Gasteiger partial charge on any atom is -0.389 e. The Kier molecular flexibility index (Phi) is 5.60. The lowest BCUT2D eigenvalue weighted by Crippen LogP contribution is -2.34. The highest BCUT2D eigenvalue weighted by Crippen LogP contribution is 2.25. The number of hydrogen-bond acceptors (Lipinski definition) is 3. The average Bonchev–Trinajstić information content (AvgIpc) is 2.66. The van der Waals surface area contributed by atoms with Gasteiger partial charge in [0.25, 0.3) is 0 Å². The van der Waals surface area contributed by atoms with E-state index in [0.717, 1.165) is 38.5 Å². The first-order chi connectivity index (χ1) is 9.90. The second-order valence-corrected chi connectivity index (χ2v) is 7.85. The monoisotopic (exact) mass is 346 g/mol. The Labute approximate surface area is 136 Å². The van der Waals surface area contributed by atoms with E-state index in [1.54, 1.807) is 6.07 Å². The van der Waals surface area contributed by atoms with E-state index in [4.69, 9.17) is 29.6 Å². The molecule has 1 fully saturated rings. The molecule has 0 radical (unpaired) electrons. The van der Waals surface area contributed by atoms with Gasteiger partial charge < -0.3 is 5.73 Å². The fraction of sp³-hybridized carbons (Fsp3) is 0.500. The van der Waals surface area contributed by atoms with Gasteiger partial charge in [0.05, 0.1) is 5.02 Å². The molecule has 4 nitrogen and oxygen atoms in total. The molecule has 3 N–H and O–H groups in total. The molecular weight excluding hydrogens is 328 g/mol. The first-order valence-corrected chi connectivity index (χ1v) is 9.29. The molecule has 0 unspecified atom stereocenters. The van der Waals surface area contributed by atoms with Gasteiger partial charge in [0.2, 0.25) is 10.0 Å². The Morgan fingerprint density at radius 1 is 1.24 bits per heavy atom. The summed E-state index contributed by atoms with van der Waals surface area (Å²) in [6.07, 6.45) is 6.16. The molecule has 116 valence electrons. The molecule has 2 rings (SSSR count). The Morgan fingerprint density at radius 3 is 2.43 bits per heavy atom. The van der Waals surface area contributed by atoms with Crippen LogP contribution in [0.2, 0.25) is 5.02 Å². The number of nitrogens with one attached hydrogen (secondary N) is 1. The number of sulfonamides is 1. The minimum absolute atomic E-state index is 0.0259. The quantitative estimate of drug-likeness (QED) is 0.649. The highest BCUT2D eigenvalue weighted by molar-refractivity contribution is 7.89. The fourth-order valence-electron chi connectivity index (χ4n) is 2.54. The third kappa shape index (κ3) is 4.39. The predicted octanol–water partition coefficient (Wildman–Crippen LogP) is 2.98. The zero-order valence-corrected chi connectivity index (χ0v) is 14.0. The standard InChI is InChI=1S/C14H19ClN2O2S2/c15-12-8-7-10(14(16)20)9-13(12)21(18,19)17-11-5-3-1-2-4-6-11/h7-9,11,17H,1-6H2,(H2,16,20). The van der Waals surface area contributed by atoms with Crippen LogP contribution >= 0.6 is 23.8 Å². The van der Waals surface area contributed by atoms with Crippen molar-refractivity contribution in [1.82, 2.24) is 4.72 Å². The zero-order chi connectivity index (χ0) is 15.5. The minimum atomic E-state index is -3.66. The summed E-state index contributed by atoms with van der Waals surface area (Å²) in [6, 6.07) is 4.54. The van der Waals surface area contributed by atoms with Gasteiger partial charge in [0.1, 0.15) is 9.88 Å². The average molecular weight is 347 g/mol. The highest BCUT2D eigenvalue weighted by Gasteiger charge is 2.23. The summed E-state index contributed by atoms with van der Waals surface area (Å²) in [7, 11) is -3.66. The van der Waals surface area contributed by atoms with E-state index < -0.39 is 10.0 Å². The van der Waals surface area contributed by atoms with Gasteiger partial charge >= 0.3 is 0 Å². The Morgan fingerprint density at radius 2 is 1.86 bits per heavy atom. The van der Waals surface area contributed by atoms with Crippen LogP contribution < -0.4 is 10.5 Å². The number of benzene rings is 1. The molecule has 0 atom stereocenters. The molecule has 0 saturated heterocycles. The molecular formula is C14H19ClN2O2S2. The molecule has 0 aliphatic heterocycles. The number of halogens is 1. The highest BCUT2D eigenvalue weighted by atomic mass is 35.5. The fourth-order valence-corrected chi connectivity index (χ4v) is 4.50. The summed E-state index contributed by atoms with van der Waals surface area (Å²) in [5.41, 5.74) is 6.05. The van der Waals surface area contributed by atoms with Gasteiger partial charge in [-0.05, 0) is 25.0 Å². The van der Waals surface area contributed by atoms with Crippen molar-refractivity contribution in [2.45, 2.75) is 49.5 Å². The summed E-state index contributed by atoms with van der Waals surface area (Å²) in [6.45, 7) is 0. The molecule has 1 aliphatic carbocycles. The van der Waals surface area contributed by atoms with E-state index in [1.165, 1.54) is 12.1 Å². The lowest BCUT2D eigenvalue weighted by molar-refractivity contribution is 0.510. The maximum absolute atomic E-state index is 12.5. The smallest absolute Gasteiger partial charge is 0.242 e. The molecule has 0 spiro atoms. The molecule has 0 amide bonds. The van der Waals surface area contributed by atoms with Gasteiger partial charge in [0.15, 0.2) is 0 Å². The first-order valence-electron chi connectivity index (χ1n) is 7.02. The zero-order valence-electron chi connectivity index (χ0n) is 11.6. The number of hydrogen-bond donors (Lipinski definition) is 2. The van der Waals surface area contributed by atoms with E-state index in [2.05, 4.69) is 4.72 Å². The Balaban J connectivity index is 2.26. The van der Waals surface area contributed by atoms with Gasteiger partial charge in [0, 0.05) is 11.6 Å². The molecule has 1 aromatic carbocycles. The first kappa shape index (κ1) is 16.7. The third-order valence-electron chi connectivity index (χ3n) is 3.68. The van der Waals surface area contributed by atoms with Gasteiger partial charge in [-0.1, -0.05) is 55.6 Å². The largest absolute Gasteiger partial charge is 0.389 e. The Hall–Kier alpha value is -0.690. The molecule has 1 saturated carbocycles. The van der Waals surface area contributed by atoms with E-state index >= 15 is 0 Å². The van der Waals surface area contributed by atoms with Crippen molar-refractivity contribution >= 4 is 38.8 Å². The van der Waals surface area contributed by atoms with Crippen LogP contribution in [-0.4, -0.2) is 19.4 Å². The molecule has 0 heterocycles. The Bertz CT molecular complexity index is 624. The maximum Gasteiger partial charge on any atom is 0.242 e. The summed E-state index contributed by atoms with van der Waals surface area (Å²) >= 11 is 10.9. The van der Waals surface area contributed by atoms with Gasteiger partial charge in [-0.2, -0.15) is 0 Å². The topological polar surface area (TPSA) is 72.2 Å². The molecule has 7 heteroatoms. The second kappa shape index (κ2) is 7.05. The summed E-state index contributed by atoms with van der Waals surface area (Å²) < 4.78 is 27.8. The molecule has 0 aromatic heterocycles. The predicted molar refractivity (Wildman–Crippen MR) is 89.2 cm³/mol. The van der Waals surface area contributed by atoms with Crippen LogP contribution in [0.1, 0.15) is 44.1 Å². The van der Waals surface area contributed by atoms with Crippen LogP contribution in [0.4, 0.5) is 0 Å².